The highest BCUT2D eigenvalue weighted by Crippen LogP contribution is 2.36. The maximum absolute atomic E-state index is 11.4. The van der Waals surface area contributed by atoms with Gasteiger partial charge in [0.2, 0.25) is 17.2 Å². The third-order valence-corrected chi connectivity index (χ3v) is 6.17. The molecule has 0 atom stereocenters. The molecule has 1 aromatic heterocycles. The lowest BCUT2D eigenvalue weighted by atomic mass is 10.3. The molecule has 27 heavy (non-hydrogen) atoms. The van der Waals surface area contributed by atoms with E-state index in [1.807, 2.05) is 4.57 Å². The van der Waals surface area contributed by atoms with Crippen LogP contribution in [0.3, 0.4) is 0 Å². The van der Waals surface area contributed by atoms with Crippen LogP contribution in [0.5, 0.6) is 0 Å². The minimum absolute atomic E-state index is 0.778. The van der Waals surface area contributed by atoms with E-state index >= 15 is 0 Å². The van der Waals surface area contributed by atoms with Gasteiger partial charge in [0, 0.05) is 12.8 Å². The molecule has 1 rings (SSSR count). The van der Waals surface area contributed by atoms with Crippen LogP contribution in [-0.2, 0) is 26.5 Å². The lowest BCUT2D eigenvalue weighted by molar-refractivity contribution is -0.586. The fraction of sp³-hybridized carbons (Fsp3) is 0.583. The molecule has 0 N–H and O–H groups in total. The number of hydrogen-bond donors (Lipinski definition) is 0. The van der Waals surface area contributed by atoms with E-state index in [1.54, 1.807) is 11.3 Å². The van der Waals surface area contributed by atoms with Crippen LogP contribution in [-0.4, -0.2) is 27.9 Å². The standard InChI is InChI=1S/C10H14NS.C2F6NO4S2/c1-4-6-7-11-8-12-9(3)10(11)5-2;3-1(4,5)14(10,11)9-15(12,13)2(6,7)8/h8H,4-5H2,1-3H3;/q+1;-1. The highest BCUT2D eigenvalue weighted by Gasteiger charge is 2.46. The lowest BCUT2D eigenvalue weighted by Crippen LogP contribution is -2.30. The topological polar surface area (TPSA) is 86.3 Å². The van der Waals surface area contributed by atoms with Crippen molar-refractivity contribution in [2.45, 2.75) is 44.6 Å². The first-order chi connectivity index (χ1) is 12.0. The van der Waals surface area contributed by atoms with Crippen molar-refractivity contribution in [1.82, 2.24) is 0 Å². The molecule has 0 aromatic carbocycles. The van der Waals surface area contributed by atoms with Gasteiger partial charge in [0.15, 0.2) is 20.0 Å². The molecule has 0 aliphatic heterocycles. The third-order valence-electron chi connectivity index (χ3n) is 2.52. The monoisotopic (exact) mass is 460 g/mol. The number of aryl methyl sites for hydroxylation is 1. The van der Waals surface area contributed by atoms with Gasteiger partial charge in [-0.15, -0.1) is 4.57 Å². The first-order valence-corrected chi connectivity index (χ1v) is 10.6. The number of aromatic nitrogens is 1. The van der Waals surface area contributed by atoms with Gasteiger partial charge in [-0.1, -0.05) is 25.2 Å². The average Bonchev–Trinajstić information content (AvgIpc) is 2.82. The predicted octanol–water partition coefficient (Wildman–Crippen LogP) is 3.18. The van der Waals surface area contributed by atoms with Crippen LogP contribution in [0.15, 0.2) is 5.51 Å². The van der Waals surface area contributed by atoms with Crippen molar-refractivity contribution in [3.05, 3.63) is 20.2 Å². The van der Waals surface area contributed by atoms with Crippen molar-refractivity contribution in [3.8, 4) is 12.0 Å². The van der Waals surface area contributed by atoms with Gasteiger partial charge in [0.1, 0.15) is 0 Å². The third kappa shape index (κ3) is 7.28. The molecule has 0 amide bonds. The minimum atomic E-state index is -6.72. The fourth-order valence-electron chi connectivity index (χ4n) is 1.32. The summed E-state index contributed by atoms with van der Waals surface area (Å²) < 4.78 is 111. The second-order valence-electron chi connectivity index (χ2n) is 4.51. The van der Waals surface area contributed by atoms with E-state index in [0.717, 1.165) is 17.0 Å². The van der Waals surface area contributed by atoms with Gasteiger partial charge >= 0.3 is 11.0 Å². The number of nitrogens with zero attached hydrogens (tertiary/aromatic N) is 2. The van der Waals surface area contributed by atoms with Crippen molar-refractivity contribution < 1.29 is 47.7 Å². The summed E-state index contributed by atoms with van der Waals surface area (Å²) in [6.07, 6.45) is 1.98. The second-order valence-corrected chi connectivity index (χ2v) is 8.99. The highest BCUT2D eigenvalue weighted by atomic mass is 32.3. The predicted molar refractivity (Wildman–Crippen MR) is 85.4 cm³/mol. The Kier molecular flexibility index (Phi) is 8.75. The largest absolute Gasteiger partial charge is 0.480 e. The van der Waals surface area contributed by atoms with Crippen LogP contribution in [0.1, 0.15) is 30.8 Å². The van der Waals surface area contributed by atoms with Gasteiger partial charge in [-0.05, 0) is 12.8 Å². The number of sulfonamides is 2. The summed E-state index contributed by atoms with van der Waals surface area (Å²) in [6.45, 7) is 6.38. The highest BCUT2D eigenvalue weighted by molar-refractivity contribution is 8.13. The molecular weight excluding hydrogens is 446 g/mol. The molecule has 0 radical (unpaired) electrons. The number of halogens is 6. The van der Waals surface area contributed by atoms with Gasteiger partial charge in [-0.25, -0.2) is 16.8 Å². The molecule has 6 nitrogen and oxygen atoms in total. The summed E-state index contributed by atoms with van der Waals surface area (Å²) in [5, 5.41) is 0. The SMILES string of the molecule is CCC#C[n+]1csc(C)c1CC.O=S(=O)([N-]S(=O)(=O)C(F)(F)F)C(F)(F)F. The Morgan fingerprint density at radius 2 is 1.48 bits per heavy atom. The number of alkyl halides is 6. The summed E-state index contributed by atoms with van der Waals surface area (Å²) in [5.41, 5.74) is -8.98. The summed E-state index contributed by atoms with van der Waals surface area (Å²) in [5.74, 6) is 3.07. The Morgan fingerprint density at radius 3 is 1.81 bits per heavy atom. The van der Waals surface area contributed by atoms with E-state index in [0.29, 0.717) is 0 Å². The summed E-state index contributed by atoms with van der Waals surface area (Å²) in [6, 6.07) is 3.11. The van der Waals surface area contributed by atoms with Crippen molar-refractivity contribution in [2.75, 3.05) is 0 Å². The van der Waals surface area contributed by atoms with Crippen molar-refractivity contribution in [1.29, 1.82) is 0 Å². The molecule has 156 valence electrons. The first-order valence-electron chi connectivity index (χ1n) is 6.84. The maximum Gasteiger partial charge on any atom is 0.480 e. The van der Waals surface area contributed by atoms with Gasteiger partial charge in [-0.3, -0.25) is 0 Å². The zero-order valence-electron chi connectivity index (χ0n) is 14.0. The zero-order valence-corrected chi connectivity index (χ0v) is 16.5. The van der Waals surface area contributed by atoms with Crippen LogP contribution in [0.25, 0.3) is 4.13 Å². The average molecular weight is 460 g/mol. The van der Waals surface area contributed by atoms with Crippen LogP contribution in [0.2, 0.25) is 0 Å². The van der Waals surface area contributed by atoms with Crippen LogP contribution in [0, 0.1) is 18.9 Å². The van der Waals surface area contributed by atoms with E-state index < -0.39 is 31.1 Å². The van der Waals surface area contributed by atoms with Crippen molar-refractivity contribution in [2.24, 2.45) is 0 Å². The Labute approximate surface area is 156 Å². The van der Waals surface area contributed by atoms with E-state index in [4.69, 9.17) is 0 Å². The molecule has 1 aromatic rings. The molecule has 0 aliphatic rings. The molecule has 0 bridgehead atoms. The van der Waals surface area contributed by atoms with E-state index in [2.05, 4.69) is 38.2 Å². The first kappa shape index (κ1) is 25.6. The molecule has 0 saturated carbocycles. The van der Waals surface area contributed by atoms with E-state index in [1.165, 1.54) is 10.6 Å². The smallest absolute Gasteiger partial charge is 0.421 e. The fourth-order valence-corrected chi connectivity index (χ4v) is 3.86. The van der Waals surface area contributed by atoms with Crippen molar-refractivity contribution >= 4 is 31.4 Å². The van der Waals surface area contributed by atoms with Gasteiger partial charge in [0.25, 0.3) is 0 Å². The Balaban J connectivity index is 0.000000511. The molecule has 1 heterocycles. The van der Waals surface area contributed by atoms with Gasteiger partial charge in [-0.2, -0.15) is 26.3 Å². The quantitative estimate of drug-likeness (QED) is 0.394. The Morgan fingerprint density at radius 1 is 1.04 bits per heavy atom. The number of thiazole rings is 1. The summed E-state index contributed by atoms with van der Waals surface area (Å²) in [4.78, 5) is 1.38. The van der Waals surface area contributed by atoms with Gasteiger partial charge in [0.05, 0.1) is 4.88 Å². The summed E-state index contributed by atoms with van der Waals surface area (Å²) >= 11 is 1.77. The summed E-state index contributed by atoms with van der Waals surface area (Å²) in [7, 11) is -13.4. The zero-order chi connectivity index (χ0) is 21.7. The Hall–Kier alpha value is -1.37. The molecule has 0 unspecified atom stereocenters. The molecule has 0 fully saturated rings. The van der Waals surface area contributed by atoms with E-state index in [9.17, 15) is 43.2 Å². The lowest BCUT2D eigenvalue weighted by Gasteiger charge is -2.22. The molecule has 0 spiro atoms. The van der Waals surface area contributed by atoms with Crippen LogP contribution in [0.4, 0.5) is 26.3 Å². The molecule has 15 heteroatoms. The molecule has 0 saturated heterocycles. The van der Waals surface area contributed by atoms with Crippen molar-refractivity contribution in [3.63, 3.8) is 0 Å². The van der Waals surface area contributed by atoms with Crippen LogP contribution >= 0.6 is 11.3 Å². The maximum atomic E-state index is 11.4. The van der Waals surface area contributed by atoms with Gasteiger partial charge < -0.3 is 4.13 Å². The number of rotatable bonds is 3. The van der Waals surface area contributed by atoms with Crippen LogP contribution < -0.4 is 4.57 Å². The Bertz CT molecular complexity index is 864. The molecule has 0 aliphatic carbocycles. The minimum Gasteiger partial charge on any atom is -0.421 e. The van der Waals surface area contributed by atoms with E-state index in [-0.39, 0.29) is 0 Å². The number of hydrogen-bond acceptors (Lipinski definition) is 5. The second kappa shape index (κ2) is 9.22. The normalized spacial score (nSPS) is 12.6. The molecular formula is C12H14F6N2O4S3.